The number of amides is 1. The summed E-state index contributed by atoms with van der Waals surface area (Å²) in [5.41, 5.74) is 10.4. The number of halogens is 1. The standard InChI is InChI=1S/C9H11IN2O2/c10-6-2-1-3-7(4-6)14-5-8(11)9(12)13/h1-4,8H,5,11H2,(H2,12,13). The van der Waals surface area contributed by atoms with E-state index < -0.39 is 11.9 Å². The first kappa shape index (κ1) is 11.3. The second-order valence-electron chi connectivity index (χ2n) is 2.78. The molecule has 4 nitrogen and oxygen atoms in total. The summed E-state index contributed by atoms with van der Waals surface area (Å²) in [5.74, 6) is 0.129. The molecule has 0 aromatic heterocycles. The lowest BCUT2D eigenvalue weighted by molar-refractivity contribution is -0.119. The van der Waals surface area contributed by atoms with Crippen molar-refractivity contribution in [3.63, 3.8) is 0 Å². The maximum absolute atomic E-state index is 10.6. The fourth-order valence-corrected chi connectivity index (χ4v) is 1.34. The number of hydrogen-bond acceptors (Lipinski definition) is 3. The van der Waals surface area contributed by atoms with Crippen LogP contribution in [0.3, 0.4) is 0 Å². The predicted molar refractivity (Wildman–Crippen MR) is 61.8 cm³/mol. The van der Waals surface area contributed by atoms with E-state index in [2.05, 4.69) is 22.6 Å². The first-order valence-electron chi connectivity index (χ1n) is 4.03. The van der Waals surface area contributed by atoms with Crippen LogP contribution >= 0.6 is 22.6 Å². The smallest absolute Gasteiger partial charge is 0.237 e. The molecule has 1 aromatic rings. The molecule has 14 heavy (non-hydrogen) atoms. The molecular weight excluding hydrogens is 295 g/mol. The molecule has 0 saturated heterocycles. The SMILES string of the molecule is NC(=O)C(N)COc1cccc(I)c1. The molecule has 0 aliphatic heterocycles. The third-order valence-electron chi connectivity index (χ3n) is 1.59. The maximum Gasteiger partial charge on any atom is 0.237 e. The largest absolute Gasteiger partial charge is 0.491 e. The van der Waals surface area contributed by atoms with Gasteiger partial charge in [-0.15, -0.1) is 0 Å². The summed E-state index contributed by atoms with van der Waals surface area (Å²) in [4.78, 5) is 10.6. The minimum absolute atomic E-state index is 0.107. The number of carbonyl (C=O) groups is 1. The highest BCUT2D eigenvalue weighted by Crippen LogP contribution is 2.14. The van der Waals surface area contributed by atoms with Crippen molar-refractivity contribution >= 4 is 28.5 Å². The molecule has 76 valence electrons. The molecule has 0 radical (unpaired) electrons. The number of rotatable bonds is 4. The highest BCUT2D eigenvalue weighted by molar-refractivity contribution is 14.1. The van der Waals surface area contributed by atoms with Crippen LogP contribution < -0.4 is 16.2 Å². The van der Waals surface area contributed by atoms with E-state index in [0.717, 1.165) is 3.57 Å². The summed E-state index contributed by atoms with van der Waals surface area (Å²) < 4.78 is 6.34. The number of carbonyl (C=O) groups excluding carboxylic acids is 1. The van der Waals surface area contributed by atoms with Gasteiger partial charge in [0.1, 0.15) is 18.4 Å². The van der Waals surface area contributed by atoms with Crippen molar-refractivity contribution in [2.75, 3.05) is 6.61 Å². The molecule has 0 aliphatic carbocycles. The van der Waals surface area contributed by atoms with Crippen molar-refractivity contribution in [2.45, 2.75) is 6.04 Å². The van der Waals surface area contributed by atoms with Crippen molar-refractivity contribution in [3.8, 4) is 5.75 Å². The van der Waals surface area contributed by atoms with Gasteiger partial charge in [-0.1, -0.05) is 6.07 Å². The first-order valence-corrected chi connectivity index (χ1v) is 5.10. The number of primary amides is 1. The van der Waals surface area contributed by atoms with Gasteiger partial charge in [-0.3, -0.25) is 4.79 Å². The lowest BCUT2D eigenvalue weighted by Gasteiger charge is -2.09. The first-order chi connectivity index (χ1) is 6.59. The second-order valence-corrected chi connectivity index (χ2v) is 4.02. The molecule has 0 heterocycles. The zero-order chi connectivity index (χ0) is 10.6. The molecule has 0 aliphatic rings. The van der Waals surface area contributed by atoms with Gasteiger partial charge in [0.05, 0.1) is 0 Å². The molecule has 1 aromatic carbocycles. The van der Waals surface area contributed by atoms with Gasteiger partial charge in [0, 0.05) is 3.57 Å². The van der Waals surface area contributed by atoms with E-state index in [1.807, 2.05) is 18.2 Å². The number of hydrogen-bond donors (Lipinski definition) is 2. The van der Waals surface area contributed by atoms with Gasteiger partial charge in [0.2, 0.25) is 5.91 Å². The molecule has 0 bridgehead atoms. The lowest BCUT2D eigenvalue weighted by atomic mass is 10.3. The Labute approximate surface area is 95.7 Å². The fraction of sp³-hybridized carbons (Fsp3) is 0.222. The molecule has 1 atom stereocenters. The molecule has 0 saturated carbocycles. The van der Waals surface area contributed by atoms with Gasteiger partial charge in [0.25, 0.3) is 0 Å². The van der Waals surface area contributed by atoms with Gasteiger partial charge in [-0.25, -0.2) is 0 Å². The van der Waals surface area contributed by atoms with E-state index in [0.29, 0.717) is 5.75 Å². The summed E-state index contributed by atoms with van der Waals surface area (Å²) in [7, 11) is 0. The van der Waals surface area contributed by atoms with Gasteiger partial charge >= 0.3 is 0 Å². The van der Waals surface area contributed by atoms with E-state index in [1.54, 1.807) is 6.07 Å². The molecule has 4 N–H and O–H groups in total. The summed E-state index contributed by atoms with van der Waals surface area (Å²) in [6.07, 6.45) is 0. The summed E-state index contributed by atoms with van der Waals surface area (Å²) in [5, 5.41) is 0. The minimum Gasteiger partial charge on any atom is -0.491 e. The van der Waals surface area contributed by atoms with Crippen molar-refractivity contribution in [3.05, 3.63) is 27.8 Å². The van der Waals surface area contributed by atoms with Crippen molar-refractivity contribution in [2.24, 2.45) is 11.5 Å². The van der Waals surface area contributed by atoms with Crippen LogP contribution in [0.25, 0.3) is 0 Å². The molecule has 1 unspecified atom stereocenters. The maximum atomic E-state index is 10.6. The summed E-state index contributed by atoms with van der Waals surface area (Å²) in [6, 6.07) is 6.71. The van der Waals surface area contributed by atoms with Gasteiger partial charge in [-0.05, 0) is 40.8 Å². The third kappa shape index (κ3) is 3.51. The Morgan fingerprint density at radius 2 is 2.29 bits per heavy atom. The van der Waals surface area contributed by atoms with Crippen LogP contribution in [0.4, 0.5) is 0 Å². The van der Waals surface area contributed by atoms with Crippen molar-refractivity contribution in [1.29, 1.82) is 0 Å². The van der Waals surface area contributed by atoms with Gasteiger partial charge in [0.15, 0.2) is 0 Å². The van der Waals surface area contributed by atoms with E-state index in [-0.39, 0.29) is 6.61 Å². The van der Waals surface area contributed by atoms with E-state index in [1.165, 1.54) is 0 Å². The number of ether oxygens (including phenoxy) is 1. The normalized spacial score (nSPS) is 12.1. The van der Waals surface area contributed by atoms with E-state index >= 15 is 0 Å². The molecule has 1 amide bonds. The molecule has 1 rings (SSSR count). The predicted octanol–water partition coefficient (Wildman–Crippen LogP) is 0.483. The lowest BCUT2D eigenvalue weighted by Crippen LogP contribution is -2.41. The third-order valence-corrected chi connectivity index (χ3v) is 2.26. The van der Waals surface area contributed by atoms with Gasteiger partial charge < -0.3 is 16.2 Å². The molecule has 0 fully saturated rings. The zero-order valence-electron chi connectivity index (χ0n) is 7.44. The Kier molecular flexibility index (Phi) is 4.15. The number of benzene rings is 1. The average Bonchev–Trinajstić information content (AvgIpc) is 2.14. The van der Waals surface area contributed by atoms with Crippen LogP contribution in [0, 0.1) is 3.57 Å². The summed E-state index contributed by atoms with van der Waals surface area (Å²) >= 11 is 2.17. The van der Waals surface area contributed by atoms with Gasteiger partial charge in [-0.2, -0.15) is 0 Å². The van der Waals surface area contributed by atoms with Crippen LogP contribution in [0.1, 0.15) is 0 Å². The molecule has 0 spiro atoms. The van der Waals surface area contributed by atoms with Crippen LogP contribution in [-0.2, 0) is 4.79 Å². The Hall–Kier alpha value is -0.820. The summed E-state index contributed by atoms with van der Waals surface area (Å²) in [6.45, 7) is 0.107. The van der Waals surface area contributed by atoms with E-state index in [9.17, 15) is 4.79 Å². The van der Waals surface area contributed by atoms with Crippen molar-refractivity contribution < 1.29 is 9.53 Å². The van der Waals surface area contributed by atoms with Crippen LogP contribution in [0.15, 0.2) is 24.3 Å². The minimum atomic E-state index is -0.757. The van der Waals surface area contributed by atoms with Crippen LogP contribution in [0.2, 0.25) is 0 Å². The quantitative estimate of drug-likeness (QED) is 0.794. The molecule has 5 heteroatoms. The fourth-order valence-electron chi connectivity index (χ4n) is 0.825. The molecular formula is C9H11IN2O2. The van der Waals surface area contributed by atoms with E-state index in [4.69, 9.17) is 16.2 Å². The average molecular weight is 306 g/mol. The Bertz CT molecular complexity index is 330. The highest BCUT2D eigenvalue weighted by atomic mass is 127. The zero-order valence-corrected chi connectivity index (χ0v) is 9.60. The van der Waals surface area contributed by atoms with Crippen LogP contribution in [-0.4, -0.2) is 18.6 Å². The Balaban J connectivity index is 2.49. The Morgan fingerprint density at radius 1 is 1.57 bits per heavy atom. The highest BCUT2D eigenvalue weighted by Gasteiger charge is 2.09. The van der Waals surface area contributed by atoms with Crippen molar-refractivity contribution in [1.82, 2.24) is 0 Å². The number of nitrogens with two attached hydrogens (primary N) is 2. The monoisotopic (exact) mass is 306 g/mol. The topological polar surface area (TPSA) is 78.3 Å². The Morgan fingerprint density at radius 3 is 2.86 bits per heavy atom. The van der Waals surface area contributed by atoms with Crippen LogP contribution in [0.5, 0.6) is 5.75 Å². The second kappa shape index (κ2) is 5.16.